The summed E-state index contributed by atoms with van der Waals surface area (Å²) in [6, 6.07) is 8.27. The Kier molecular flexibility index (Phi) is 4.82. The summed E-state index contributed by atoms with van der Waals surface area (Å²) < 4.78 is 12.7. The first-order valence-corrected chi connectivity index (χ1v) is 10.4. The molecule has 1 aliphatic heterocycles. The molecule has 158 valence electrons. The molecule has 1 saturated carbocycles. The maximum atomic E-state index is 12.7. The molecule has 5 rings (SSSR count). The van der Waals surface area contributed by atoms with Gasteiger partial charge >= 0.3 is 11.7 Å². The van der Waals surface area contributed by atoms with Crippen molar-refractivity contribution < 1.29 is 9.47 Å². The van der Waals surface area contributed by atoms with E-state index in [0.717, 1.165) is 37.6 Å². The van der Waals surface area contributed by atoms with Gasteiger partial charge in [-0.2, -0.15) is 9.97 Å². The molecule has 3 N–H and O–H groups in total. The number of benzene rings is 1. The topological polar surface area (TPSA) is 111 Å². The van der Waals surface area contributed by atoms with Crippen molar-refractivity contribution in [3.63, 3.8) is 0 Å². The molecule has 9 heteroatoms. The Balaban J connectivity index is 1.45. The quantitative estimate of drug-likeness (QED) is 0.639. The van der Waals surface area contributed by atoms with Gasteiger partial charge in [0.05, 0.1) is 25.9 Å². The zero-order valence-electron chi connectivity index (χ0n) is 17.0. The Morgan fingerprint density at radius 3 is 2.67 bits per heavy atom. The number of anilines is 2. The average molecular weight is 410 g/mol. The fourth-order valence-electron chi connectivity index (χ4n) is 3.84. The molecule has 0 amide bonds. The van der Waals surface area contributed by atoms with Crippen LogP contribution in [0.15, 0.2) is 29.1 Å². The number of ether oxygens (including phenoxy) is 2. The number of imidazole rings is 1. The summed E-state index contributed by atoms with van der Waals surface area (Å²) in [7, 11) is 0. The largest absolute Gasteiger partial charge is 0.463 e. The van der Waals surface area contributed by atoms with Crippen LogP contribution in [0.2, 0.25) is 0 Å². The second kappa shape index (κ2) is 7.64. The molecular weight excluding hydrogens is 384 g/mol. The van der Waals surface area contributed by atoms with E-state index >= 15 is 0 Å². The lowest BCUT2D eigenvalue weighted by molar-refractivity contribution is 0.122. The number of nitrogens with two attached hydrogens (primary N) is 1. The zero-order valence-corrected chi connectivity index (χ0v) is 17.0. The first-order valence-electron chi connectivity index (χ1n) is 10.4. The Morgan fingerprint density at radius 1 is 1.23 bits per heavy atom. The van der Waals surface area contributed by atoms with Crippen LogP contribution in [0.5, 0.6) is 6.01 Å². The van der Waals surface area contributed by atoms with Crippen molar-refractivity contribution in [1.29, 1.82) is 0 Å². The first kappa shape index (κ1) is 18.9. The Bertz CT molecular complexity index is 1100. The Hall–Kier alpha value is -3.07. The summed E-state index contributed by atoms with van der Waals surface area (Å²) in [5, 5.41) is 0. The van der Waals surface area contributed by atoms with E-state index in [2.05, 4.69) is 44.1 Å². The van der Waals surface area contributed by atoms with Gasteiger partial charge in [-0.3, -0.25) is 4.57 Å². The summed E-state index contributed by atoms with van der Waals surface area (Å²) in [5.41, 5.74) is 8.87. The van der Waals surface area contributed by atoms with Crippen LogP contribution in [-0.4, -0.2) is 52.4 Å². The van der Waals surface area contributed by atoms with E-state index in [1.54, 1.807) is 4.57 Å². The maximum Gasteiger partial charge on any atom is 0.328 e. The third-order valence-corrected chi connectivity index (χ3v) is 5.86. The number of nitrogens with one attached hydrogen (secondary N) is 1. The highest BCUT2D eigenvalue weighted by Gasteiger charge is 2.24. The fourth-order valence-corrected chi connectivity index (χ4v) is 3.84. The van der Waals surface area contributed by atoms with Crippen molar-refractivity contribution in [1.82, 2.24) is 19.5 Å². The predicted molar refractivity (Wildman–Crippen MR) is 114 cm³/mol. The highest BCUT2D eigenvalue weighted by Crippen LogP contribution is 2.30. The fraction of sp³-hybridized carbons (Fsp3) is 0.476. The lowest BCUT2D eigenvalue weighted by Gasteiger charge is -2.29. The molecule has 0 spiro atoms. The van der Waals surface area contributed by atoms with E-state index in [4.69, 9.17) is 15.2 Å². The zero-order chi connectivity index (χ0) is 20.7. The monoisotopic (exact) mass is 410 g/mol. The van der Waals surface area contributed by atoms with Gasteiger partial charge in [-0.15, -0.1) is 0 Å². The van der Waals surface area contributed by atoms with Gasteiger partial charge in [-0.1, -0.05) is 12.1 Å². The molecule has 0 radical (unpaired) electrons. The van der Waals surface area contributed by atoms with Gasteiger partial charge in [0, 0.05) is 18.8 Å². The second-order valence-corrected chi connectivity index (χ2v) is 8.01. The molecule has 9 nitrogen and oxygen atoms in total. The van der Waals surface area contributed by atoms with Crippen LogP contribution in [-0.2, 0) is 4.74 Å². The van der Waals surface area contributed by atoms with Crippen LogP contribution < -0.4 is 21.1 Å². The molecule has 2 aromatic heterocycles. The number of H-pyrrole nitrogens is 1. The molecule has 2 aliphatic rings. The van der Waals surface area contributed by atoms with Crippen LogP contribution in [0.25, 0.3) is 11.2 Å². The average Bonchev–Trinajstić information content (AvgIpc) is 3.54. The molecule has 0 bridgehead atoms. The smallest absolute Gasteiger partial charge is 0.328 e. The van der Waals surface area contributed by atoms with E-state index in [-0.39, 0.29) is 23.6 Å². The van der Waals surface area contributed by atoms with E-state index in [1.807, 2.05) is 6.92 Å². The van der Waals surface area contributed by atoms with Crippen molar-refractivity contribution in [3.8, 4) is 6.01 Å². The third-order valence-electron chi connectivity index (χ3n) is 5.86. The van der Waals surface area contributed by atoms with Gasteiger partial charge in [0.15, 0.2) is 11.5 Å². The van der Waals surface area contributed by atoms with Crippen molar-refractivity contribution in [2.75, 3.05) is 43.5 Å². The van der Waals surface area contributed by atoms with E-state index < -0.39 is 0 Å². The van der Waals surface area contributed by atoms with Gasteiger partial charge < -0.3 is 25.1 Å². The lowest BCUT2D eigenvalue weighted by Crippen LogP contribution is -2.36. The first-order chi connectivity index (χ1) is 14.6. The second-order valence-electron chi connectivity index (χ2n) is 8.01. The van der Waals surface area contributed by atoms with Gasteiger partial charge in [0.2, 0.25) is 0 Å². The Labute approximate surface area is 173 Å². The van der Waals surface area contributed by atoms with Crippen molar-refractivity contribution >= 4 is 22.7 Å². The number of nitrogens with zero attached hydrogens (tertiary/aromatic N) is 4. The molecule has 1 saturated heterocycles. The Morgan fingerprint density at radius 2 is 1.97 bits per heavy atom. The van der Waals surface area contributed by atoms with Crippen LogP contribution in [0.1, 0.15) is 31.4 Å². The molecule has 1 aromatic carbocycles. The number of aromatic nitrogens is 4. The standard InChI is InChI=1S/C21H26N6O3/c1-13(15-4-6-16(7-5-15)26-8-10-29-11-9-26)27-19-17(23-21(27)28)18(22)24-20(25-19)30-12-14-2-3-14/h4-7,13-14H,2-3,8-12H2,1H3,(H,23,28)(H2,22,24,25). The van der Waals surface area contributed by atoms with Gasteiger partial charge in [0.1, 0.15) is 5.52 Å². The molecule has 3 heterocycles. The van der Waals surface area contributed by atoms with Crippen LogP contribution >= 0.6 is 0 Å². The van der Waals surface area contributed by atoms with Crippen molar-refractivity contribution in [2.24, 2.45) is 5.92 Å². The molecule has 1 atom stereocenters. The van der Waals surface area contributed by atoms with Gasteiger partial charge in [-0.05, 0) is 43.4 Å². The number of hydrogen-bond donors (Lipinski definition) is 2. The molecule has 1 unspecified atom stereocenters. The minimum Gasteiger partial charge on any atom is -0.463 e. The number of hydrogen-bond acceptors (Lipinski definition) is 7. The van der Waals surface area contributed by atoms with Crippen LogP contribution in [0.4, 0.5) is 11.5 Å². The lowest BCUT2D eigenvalue weighted by atomic mass is 10.1. The van der Waals surface area contributed by atoms with Gasteiger partial charge in [0.25, 0.3) is 0 Å². The van der Waals surface area contributed by atoms with Crippen LogP contribution in [0.3, 0.4) is 0 Å². The summed E-state index contributed by atoms with van der Waals surface area (Å²) in [4.78, 5) is 26.5. The van der Waals surface area contributed by atoms with Crippen LogP contribution in [0, 0.1) is 5.92 Å². The molecule has 2 fully saturated rings. The minimum atomic E-state index is -0.268. The number of aromatic amines is 1. The normalized spacial score (nSPS) is 18.0. The SMILES string of the molecule is CC(c1ccc(N2CCOCC2)cc1)n1c(=O)[nH]c2c(N)nc(OCC3CC3)nc21. The third kappa shape index (κ3) is 3.60. The minimum absolute atomic E-state index is 0.217. The van der Waals surface area contributed by atoms with Crippen molar-refractivity contribution in [3.05, 3.63) is 40.3 Å². The molecule has 3 aromatic rings. The number of rotatable bonds is 6. The molecule has 1 aliphatic carbocycles. The van der Waals surface area contributed by atoms with E-state index in [1.165, 1.54) is 12.8 Å². The number of morpholine rings is 1. The number of fused-ring (bicyclic) bond motifs is 1. The summed E-state index contributed by atoms with van der Waals surface area (Å²) in [5.74, 6) is 0.791. The summed E-state index contributed by atoms with van der Waals surface area (Å²) in [6.07, 6.45) is 2.34. The summed E-state index contributed by atoms with van der Waals surface area (Å²) in [6.45, 7) is 5.82. The highest BCUT2D eigenvalue weighted by molar-refractivity contribution is 5.82. The summed E-state index contributed by atoms with van der Waals surface area (Å²) >= 11 is 0. The maximum absolute atomic E-state index is 12.7. The number of nitrogen functional groups attached to an aromatic ring is 1. The predicted octanol–water partition coefficient (Wildman–Crippen LogP) is 1.94. The van der Waals surface area contributed by atoms with E-state index in [9.17, 15) is 4.79 Å². The van der Waals surface area contributed by atoms with Crippen molar-refractivity contribution in [2.45, 2.75) is 25.8 Å². The van der Waals surface area contributed by atoms with Gasteiger partial charge in [-0.25, -0.2) is 4.79 Å². The molecule has 30 heavy (non-hydrogen) atoms. The van der Waals surface area contributed by atoms with E-state index in [0.29, 0.717) is 23.7 Å². The molecular formula is C21H26N6O3. The highest BCUT2D eigenvalue weighted by atomic mass is 16.5.